The fourth-order valence-electron chi connectivity index (χ4n) is 2.50. The number of aliphatic hydroxyl groups excluding tert-OH is 1. The van der Waals surface area contributed by atoms with Crippen LogP contribution in [0, 0.1) is 6.92 Å². The number of fused-ring (bicyclic) bond motifs is 1. The van der Waals surface area contributed by atoms with Crippen LogP contribution in [-0.2, 0) is 6.54 Å². The highest BCUT2D eigenvalue weighted by molar-refractivity contribution is 7.99. The molecule has 1 heterocycles. The van der Waals surface area contributed by atoms with Crippen LogP contribution >= 0.6 is 11.8 Å². The molecule has 0 spiro atoms. The first-order valence-corrected chi connectivity index (χ1v) is 8.96. The Labute approximate surface area is 145 Å². The molecule has 0 unspecified atom stereocenters. The van der Waals surface area contributed by atoms with Crippen LogP contribution in [0.4, 0.5) is 0 Å². The van der Waals surface area contributed by atoms with Gasteiger partial charge in [0.1, 0.15) is 0 Å². The largest absolute Gasteiger partial charge is 0.396 e. The molecule has 0 saturated carbocycles. The molecule has 0 fully saturated rings. The fourth-order valence-corrected chi connectivity index (χ4v) is 3.42. The number of benzene rings is 2. The molecule has 24 heavy (non-hydrogen) atoms. The van der Waals surface area contributed by atoms with Gasteiger partial charge in [0.2, 0.25) is 0 Å². The lowest BCUT2D eigenvalue weighted by Gasteiger charge is -2.13. The van der Waals surface area contributed by atoms with Crippen molar-refractivity contribution in [3.63, 3.8) is 0 Å². The van der Waals surface area contributed by atoms with E-state index in [9.17, 15) is 4.79 Å². The lowest BCUT2D eigenvalue weighted by atomic mass is 10.1. The van der Waals surface area contributed by atoms with E-state index in [1.54, 1.807) is 4.57 Å². The van der Waals surface area contributed by atoms with Crippen LogP contribution in [0.15, 0.2) is 58.5 Å². The summed E-state index contributed by atoms with van der Waals surface area (Å²) in [7, 11) is 0. The van der Waals surface area contributed by atoms with Gasteiger partial charge >= 0.3 is 0 Å². The molecule has 0 atom stereocenters. The van der Waals surface area contributed by atoms with Gasteiger partial charge in [-0.3, -0.25) is 9.36 Å². The van der Waals surface area contributed by atoms with Crippen molar-refractivity contribution in [2.45, 2.75) is 25.0 Å². The zero-order valence-corrected chi connectivity index (χ0v) is 14.4. The summed E-state index contributed by atoms with van der Waals surface area (Å²) in [6.07, 6.45) is 0.678. The van der Waals surface area contributed by atoms with Gasteiger partial charge in [-0.2, -0.15) is 0 Å². The molecule has 0 aliphatic carbocycles. The Kier molecular flexibility index (Phi) is 5.33. The normalized spacial score (nSPS) is 11.1. The van der Waals surface area contributed by atoms with E-state index in [2.05, 4.69) is 4.98 Å². The molecule has 0 saturated heterocycles. The summed E-state index contributed by atoms with van der Waals surface area (Å²) in [6, 6.07) is 15.6. The Morgan fingerprint density at radius 2 is 1.88 bits per heavy atom. The van der Waals surface area contributed by atoms with Crippen molar-refractivity contribution in [2.24, 2.45) is 0 Å². The van der Waals surface area contributed by atoms with Crippen LogP contribution < -0.4 is 5.56 Å². The third-order valence-corrected chi connectivity index (χ3v) is 4.88. The maximum atomic E-state index is 12.9. The smallest absolute Gasteiger partial charge is 0.262 e. The lowest BCUT2D eigenvalue weighted by Crippen LogP contribution is -2.24. The van der Waals surface area contributed by atoms with Gasteiger partial charge in [-0.15, -0.1) is 0 Å². The zero-order chi connectivity index (χ0) is 16.9. The Morgan fingerprint density at radius 1 is 1.12 bits per heavy atom. The minimum atomic E-state index is -0.0207. The molecule has 1 N–H and O–H groups in total. The summed E-state index contributed by atoms with van der Waals surface area (Å²) in [5.41, 5.74) is 2.96. The molecule has 0 bridgehead atoms. The van der Waals surface area contributed by atoms with E-state index in [1.165, 1.54) is 17.3 Å². The topological polar surface area (TPSA) is 55.1 Å². The van der Waals surface area contributed by atoms with Gasteiger partial charge in [-0.1, -0.05) is 53.7 Å². The summed E-state index contributed by atoms with van der Waals surface area (Å²) in [6.45, 7) is 2.69. The number of rotatable bonds is 6. The molecular weight excluding hydrogens is 320 g/mol. The van der Waals surface area contributed by atoms with Crippen LogP contribution in [0.5, 0.6) is 0 Å². The van der Waals surface area contributed by atoms with E-state index in [1.807, 2.05) is 55.5 Å². The number of thioether (sulfide) groups is 1. The van der Waals surface area contributed by atoms with E-state index in [0.29, 0.717) is 29.0 Å². The van der Waals surface area contributed by atoms with Crippen LogP contribution in [-0.4, -0.2) is 27.0 Å². The monoisotopic (exact) mass is 340 g/mol. The number of aryl methyl sites for hydroxylation is 1. The second-order valence-electron chi connectivity index (χ2n) is 5.71. The summed E-state index contributed by atoms with van der Waals surface area (Å²) in [4.78, 5) is 17.6. The summed E-state index contributed by atoms with van der Waals surface area (Å²) in [5.74, 6) is 0.731. The maximum Gasteiger partial charge on any atom is 0.262 e. The quantitative estimate of drug-likeness (QED) is 0.425. The molecule has 2 aromatic carbocycles. The number of nitrogens with zero attached hydrogens (tertiary/aromatic N) is 2. The van der Waals surface area contributed by atoms with Gasteiger partial charge in [0.05, 0.1) is 17.4 Å². The van der Waals surface area contributed by atoms with Gasteiger partial charge < -0.3 is 5.11 Å². The van der Waals surface area contributed by atoms with Crippen LogP contribution in [0.25, 0.3) is 10.9 Å². The number of hydrogen-bond donors (Lipinski definition) is 1. The zero-order valence-electron chi connectivity index (χ0n) is 13.6. The molecule has 0 aliphatic rings. The number of aliphatic hydroxyl groups is 1. The van der Waals surface area contributed by atoms with Crippen molar-refractivity contribution >= 4 is 22.7 Å². The standard InChI is InChI=1S/C19H20N2O2S/c1-14-7-9-15(10-8-14)13-21-18(23)16-5-2-3-6-17(16)20-19(21)24-12-4-11-22/h2-3,5-10,22H,4,11-13H2,1H3. The maximum absolute atomic E-state index is 12.9. The van der Waals surface area contributed by atoms with Crippen LogP contribution in [0.2, 0.25) is 0 Å². The van der Waals surface area contributed by atoms with Gasteiger partial charge in [0.15, 0.2) is 5.16 Å². The number of para-hydroxylation sites is 1. The van der Waals surface area contributed by atoms with E-state index < -0.39 is 0 Å². The van der Waals surface area contributed by atoms with E-state index in [0.717, 1.165) is 11.3 Å². The van der Waals surface area contributed by atoms with E-state index >= 15 is 0 Å². The predicted octanol–water partition coefficient (Wildman–Crippen LogP) is 3.23. The number of aromatic nitrogens is 2. The first-order chi connectivity index (χ1) is 11.7. The van der Waals surface area contributed by atoms with Gasteiger partial charge in [0, 0.05) is 12.4 Å². The highest BCUT2D eigenvalue weighted by Crippen LogP contribution is 2.19. The second-order valence-corrected chi connectivity index (χ2v) is 6.78. The third-order valence-electron chi connectivity index (χ3n) is 3.82. The second kappa shape index (κ2) is 7.64. The van der Waals surface area contributed by atoms with Crippen molar-refractivity contribution in [3.05, 3.63) is 70.0 Å². The Bertz CT molecular complexity index is 888. The van der Waals surface area contributed by atoms with Crippen molar-refractivity contribution < 1.29 is 5.11 Å². The highest BCUT2D eigenvalue weighted by atomic mass is 32.2. The average molecular weight is 340 g/mol. The molecule has 3 aromatic rings. The molecule has 124 valence electrons. The predicted molar refractivity (Wildman–Crippen MR) is 98.7 cm³/mol. The van der Waals surface area contributed by atoms with Crippen molar-refractivity contribution in [1.82, 2.24) is 9.55 Å². The molecular formula is C19H20N2O2S. The minimum absolute atomic E-state index is 0.0207. The highest BCUT2D eigenvalue weighted by Gasteiger charge is 2.11. The summed E-state index contributed by atoms with van der Waals surface area (Å²) >= 11 is 1.51. The molecule has 1 aromatic heterocycles. The lowest BCUT2D eigenvalue weighted by molar-refractivity contribution is 0.296. The van der Waals surface area contributed by atoms with Gasteiger partial charge in [0.25, 0.3) is 5.56 Å². The Balaban J connectivity index is 2.04. The van der Waals surface area contributed by atoms with Crippen LogP contribution in [0.1, 0.15) is 17.5 Å². The van der Waals surface area contributed by atoms with Gasteiger partial charge in [-0.25, -0.2) is 4.98 Å². The molecule has 3 rings (SSSR count). The summed E-state index contributed by atoms with van der Waals surface area (Å²) in [5, 5.41) is 10.3. The number of hydrogen-bond acceptors (Lipinski definition) is 4. The van der Waals surface area contributed by atoms with E-state index in [4.69, 9.17) is 5.11 Å². The molecule has 5 heteroatoms. The molecule has 0 aliphatic heterocycles. The molecule has 4 nitrogen and oxygen atoms in total. The first kappa shape index (κ1) is 16.7. The molecule has 0 radical (unpaired) electrons. The van der Waals surface area contributed by atoms with Crippen molar-refractivity contribution in [3.8, 4) is 0 Å². The first-order valence-electron chi connectivity index (χ1n) is 7.98. The van der Waals surface area contributed by atoms with Crippen molar-refractivity contribution in [1.29, 1.82) is 0 Å². The van der Waals surface area contributed by atoms with E-state index in [-0.39, 0.29) is 12.2 Å². The van der Waals surface area contributed by atoms with Gasteiger partial charge in [-0.05, 0) is 31.0 Å². The Hall–Kier alpha value is -2.11. The van der Waals surface area contributed by atoms with Crippen molar-refractivity contribution in [2.75, 3.05) is 12.4 Å². The van der Waals surface area contributed by atoms with Crippen LogP contribution in [0.3, 0.4) is 0 Å². The molecule has 0 amide bonds. The minimum Gasteiger partial charge on any atom is -0.396 e. The fraction of sp³-hybridized carbons (Fsp3) is 0.263. The average Bonchev–Trinajstić information content (AvgIpc) is 2.60. The SMILES string of the molecule is Cc1ccc(Cn2c(SCCCO)nc3ccccc3c2=O)cc1. The Morgan fingerprint density at radius 3 is 2.62 bits per heavy atom. The third kappa shape index (κ3) is 3.68. The summed E-state index contributed by atoms with van der Waals surface area (Å²) < 4.78 is 1.73.